The van der Waals surface area contributed by atoms with E-state index in [9.17, 15) is 18.4 Å². The maximum atomic E-state index is 13.7. The fourth-order valence-electron chi connectivity index (χ4n) is 2.49. The molecule has 0 bridgehead atoms. The van der Waals surface area contributed by atoms with Crippen molar-refractivity contribution in [1.29, 1.82) is 0 Å². The van der Waals surface area contributed by atoms with E-state index in [2.05, 4.69) is 5.32 Å². The van der Waals surface area contributed by atoms with Gasteiger partial charge in [0.15, 0.2) is 0 Å². The van der Waals surface area contributed by atoms with Crippen molar-refractivity contribution in [3.05, 3.63) is 64.7 Å². The van der Waals surface area contributed by atoms with Crippen LogP contribution in [0.1, 0.15) is 10.4 Å². The first kappa shape index (κ1) is 17.2. The Kier molecular flexibility index (Phi) is 4.85. The Balaban J connectivity index is 1.63. The molecule has 1 aliphatic rings. The molecule has 1 saturated heterocycles. The third-order valence-corrected chi connectivity index (χ3v) is 3.99. The lowest BCUT2D eigenvalue weighted by Gasteiger charge is -2.13. The van der Waals surface area contributed by atoms with Gasteiger partial charge in [-0.3, -0.25) is 9.69 Å². The summed E-state index contributed by atoms with van der Waals surface area (Å²) in [7, 11) is 0. The predicted molar refractivity (Wildman–Crippen MR) is 87.8 cm³/mol. The van der Waals surface area contributed by atoms with Gasteiger partial charge in [-0.25, -0.2) is 13.6 Å². The molecular weight excluding hydrogens is 354 g/mol. The summed E-state index contributed by atoms with van der Waals surface area (Å²) in [6.45, 7) is 0.106. The van der Waals surface area contributed by atoms with Gasteiger partial charge in [0.05, 0.1) is 29.4 Å². The number of carbonyl (C=O) groups is 2. The number of cyclic esters (lactones) is 1. The van der Waals surface area contributed by atoms with Crippen molar-refractivity contribution >= 4 is 29.3 Å². The molecule has 3 rings (SSSR count). The van der Waals surface area contributed by atoms with E-state index in [-0.39, 0.29) is 23.7 Å². The van der Waals surface area contributed by atoms with Gasteiger partial charge in [-0.05, 0) is 30.3 Å². The molecule has 25 heavy (non-hydrogen) atoms. The monoisotopic (exact) mass is 366 g/mol. The van der Waals surface area contributed by atoms with Crippen LogP contribution in [-0.4, -0.2) is 31.2 Å². The number of nitrogens with zero attached hydrogens (tertiary/aromatic N) is 1. The highest BCUT2D eigenvalue weighted by Gasteiger charge is 2.33. The fraction of sp³-hybridized carbons (Fsp3) is 0.176. The highest BCUT2D eigenvalue weighted by molar-refractivity contribution is 6.33. The van der Waals surface area contributed by atoms with Gasteiger partial charge in [0.2, 0.25) is 0 Å². The van der Waals surface area contributed by atoms with Crippen molar-refractivity contribution in [1.82, 2.24) is 5.32 Å². The Morgan fingerprint density at radius 2 is 2.04 bits per heavy atom. The predicted octanol–water partition coefficient (Wildman–Crippen LogP) is 3.37. The number of ether oxygens (including phenoxy) is 1. The number of halogens is 3. The van der Waals surface area contributed by atoms with Gasteiger partial charge in [-0.15, -0.1) is 0 Å². The molecule has 0 saturated carbocycles. The van der Waals surface area contributed by atoms with Gasteiger partial charge in [0, 0.05) is 0 Å². The zero-order chi connectivity index (χ0) is 18.0. The first-order valence-electron chi connectivity index (χ1n) is 7.41. The van der Waals surface area contributed by atoms with Crippen LogP contribution in [-0.2, 0) is 4.74 Å². The third kappa shape index (κ3) is 3.71. The molecule has 2 amide bonds. The molecule has 5 nitrogen and oxygen atoms in total. The van der Waals surface area contributed by atoms with E-state index in [1.165, 1.54) is 35.2 Å². The molecule has 130 valence electrons. The molecule has 8 heteroatoms. The number of anilines is 1. The van der Waals surface area contributed by atoms with Crippen LogP contribution in [0, 0.1) is 11.6 Å². The molecule has 1 atom stereocenters. The lowest BCUT2D eigenvalue weighted by atomic mass is 10.2. The summed E-state index contributed by atoms with van der Waals surface area (Å²) >= 11 is 5.83. The van der Waals surface area contributed by atoms with Crippen LogP contribution in [0.5, 0.6) is 0 Å². The number of hydrogen-bond acceptors (Lipinski definition) is 3. The van der Waals surface area contributed by atoms with Crippen molar-refractivity contribution in [2.75, 3.05) is 18.0 Å². The molecule has 1 unspecified atom stereocenters. The van der Waals surface area contributed by atoms with Crippen molar-refractivity contribution in [3.63, 3.8) is 0 Å². The second kappa shape index (κ2) is 7.06. The zero-order valence-corrected chi connectivity index (χ0v) is 13.6. The molecule has 2 aromatic rings. The number of amides is 2. The molecule has 0 aromatic heterocycles. The number of nitrogens with one attached hydrogen (secondary N) is 1. The lowest BCUT2D eigenvalue weighted by molar-refractivity contribution is 0.0912. The standard InChI is InChI=1S/C17H13ClF2N2O3/c18-13-5-2-6-14(20)15(13)16(23)21-8-12-9-22(17(24)25-12)11-4-1-3-10(19)7-11/h1-7,12H,8-9H2,(H,21,23). The van der Waals surface area contributed by atoms with Crippen molar-refractivity contribution in [2.24, 2.45) is 0 Å². The van der Waals surface area contributed by atoms with Gasteiger partial charge in [0.1, 0.15) is 17.7 Å². The summed E-state index contributed by atoms with van der Waals surface area (Å²) in [5.41, 5.74) is 0.0893. The Labute approximate surface area is 147 Å². The fourth-order valence-corrected chi connectivity index (χ4v) is 2.74. The number of hydrogen-bond donors (Lipinski definition) is 1. The topological polar surface area (TPSA) is 58.6 Å². The first-order chi connectivity index (χ1) is 12.0. The molecule has 1 fully saturated rings. The van der Waals surface area contributed by atoms with E-state index in [1.807, 2.05) is 0 Å². The maximum absolute atomic E-state index is 13.7. The van der Waals surface area contributed by atoms with Gasteiger partial charge in [-0.2, -0.15) is 0 Å². The third-order valence-electron chi connectivity index (χ3n) is 3.67. The normalized spacial score (nSPS) is 16.7. The van der Waals surface area contributed by atoms with E-state index in [0.717, 1.165) is 6.07 Å². The Hall–Kier alpha value is -2.67. The molecule has 0 radical (unpaired) electrons. The smallest absolute Gasteiger partial charge is 0.414 e. The van der Waals surface area contributed by atoms with Crippen LogP contribution in [0.25, 0.3) is 0 Å². The molecular formula is C17H13ClF2N2O3. The highest BCUT2D eigenvalue weighted by atomic mass is 35.5. The van der Waals surface area contributed by atoms with E-state index in [0.29, 0.717) is 5.69 Å². The van der Waals surface area contributed by atoms with Crippen LogP contribution in [0.15, 0.2) is 42.5 Å². The highest BCUT2D eigenvalue weighted by Crippen LogP contribution is 2.22. The minimum Gasteiger partial charge on any atom is -0.442 e. The Morgan fingerprint density at radius 3 is 2.76 bits per heavy atom. The Morgan fingerprint density at radius 1 is 1.28 bits per heavy atom. The van der Waals surface area contributed by atoms with E-state index < -0.39 is 29.7 Å². The molecule has 0 aliphatic carbocycles. The van der Waals surface area contributed by atoms with Crippen molar-refractivity contribution < 1.29 is 23.1 Å². The van der Waals surface area contributed by atoms with Gasteiger partial charge in [0.25, 0.3) is 5.91 Å². The minimum atomic E-state index is -0.741. The summed E-state index contributed by atoms with van der Waals surface area (Å²) in [5, 5.41) is 2.47. The number of carbonyl (C=O) groups excluding carboxylic acids is 2. The van der Waals surface area contributed by atoms with Crippen LogP contribution in [0.3, 0.4) is 0 Å². The van der Waals surface area contributed by atoms with E-state index in [1.54, 1.807) is 6.07 Å². The van der Waals surface area contributed by atoms with Gasteiger partial charge >= 0.3 is 6.09 Å². The maximum Gasteiger partial charge on any atom is 0.414 e. The summed E-state index contributed by atoms with van der Waals surface area (Å²) in [6, 6.07) is 9.45. The first-order valence-corrected chi connectivity index (χ1v) is 7.79. The quantitative estimate of drug-likeness (QED) is 0.902. The zero-order valence-electron chi connectivity index (χ0n) is 12.8. The summed E-state index contributed by atoms with van der Waals surface area (Å²) < 4.78 is 32.1. The lowest BCUT2D eigenvalue weighted by Crippen LogP contribution is -2.35. The van der Waals surface area contributed by atoms with Crippen molar-refractivity contribution in [3.8, 4) is 0 Å². The van der Waals surface area contributed by atoms with Crippen LogP contribution >= 0.6 is 11.6 Å². The second-order valence-corrected chi connectivity index (χ2v) is 5.81. The second-order valence-electron chi connectivity index (χ2n) is 5.40. The van der Waals surface area contributed by atoms with Crippen LogP contribution in [0.4, 0.5) is 19.3 Å². The SMILES string of the molecule is O=C(NCC1CN(c2cccc(F)c2)C(=O)O1)c1c(F)cccc1Cl. The summed E-state index contributed by atoms with van der Waals surface area (Å²) in [6.07, 6.45) is -1.29. The van der Waals surface area contributed by atoms with Gasteiger partial charge < -0.3 is 10.1 Å². The van der Waals surface area contributed by atoms with Crippen molar-refractivity contribution in [2.45, 2.75) is 6.10 Å². The van der Waals surface area contributed by atoms with Crippen LogP contribution in [0.2, 0.25) is 5.02 Å². The Bertz CT molecular complexity index is 811. The molecule has 2 aromatic carbocycles. The molecule has 1 N–H and O–H groups in total. The summed E-state index contributed by atoms with van der Waals surface area (Å²) in [4.78, 5) is 25.2. The number of benzene rings is 2. The van der Waals surface area contributed by atoms with Crippen LogP contribution < -0.4 is 10.2 Å². The molecule has 1 heterocycles. The average Bonchev–Trinajstić information content (AvgIpc) is 2.94. The van der Waals surface area contributed by atoms with E-state index in [4.69, 9.17) is 16.3 Å². The number of rotatable bonds is 4. The van der Waals surface area contributed by atoms with Gasteiger partial charge in [-0.1, -0.05) is 23.7 Å². The largest absolute Gasteiger partial charge is 0.442 e. The summed E-state index contributed by atoms with van der Waals surface area (Å²) in [5.74, 6) is -1.92. The minimum absolute atomic E-state index is 0.0118. The van der Waals surface area contributed by atoms with E-state index >= 15 is 0 Å². The molecule has 1 aliphatic heterocycles. The molecule has 0 spiro atoms. The average molecular weight is 367 g/mol.